The Morgan fingerprint density at radius 2 is 2.29 bits per heavy atom. The Labute approximate surface area is 123 Å². The maximum absolute atomic E-state index is 11.6. The summed E-state index contributed by atoms with van der Waals surface area (Å²) >= 11 is 0. The van der Waals surface area contributed by atoms with Crippen LogP contribution in [0.5, 0.6) is 0 Å². The summed E-state index contributed by atoms with van der Waals surface area (Å²) in [5, 5.41) is 13.1. The van der Waals surface area contributed by atoms with Crippen molar-refractivity contribution in [3.63, 3.8) is 0 Å². The number of aliphatic hydroxyl groups is 1. The first-order chi connectivity index (χ1) is 10.2. The molecule has 0 saturated heterocycles. The number of para-hydroxylation sites is 1. The lowest BCUT2D eigenvalue weighted by molar-refractivity contribution is -0.116. The number of benzene rings is 1. The smallest absolute Gasteiger partial charge is 0.244 e. The van der Waals surface area contributed by atoms with Crippen LogP contribution in [-0.4, -0.2) is 37.4 Å². The molecule has 1 amide bonds. The molecule has 21 heavy (non-hydrogen) atoms. The predicted octanol–water partition coefficient (Wildman–Crippen LogP) is 1.96. The van der Waals surface area contributed by atoms with Gasteiger partial charge in [-0.25, -0.2) is 0 Å². The van der Waals surface area contributed by atoms with Crippen LogP contribution in [0.2, 0.25) is 0 Å². The highest BCUT2D eigenvalue weighted by Gasteiger charge is 2.04. The SMILES string of the molecule is COCC(O)CCNC(=O)/C=C/c1cc2ccccc2o1. The van der Waals surface area contributed by atoms with Crippen LogP contribution < -0.4 is 5.32 Å². The van der Waals surface area contributed by atoms with Crippen molar-refractivity contribution in [3.05, 3.63) is 42.2 Å². The number of methoxy groups -OCH3 is 1. The van der Waals surface area contributed by atoms with Gasteiger partial charge in [-0.1, -0.05) is 18.2 Å². The standard InChI is InChI=1S/C16H19NO4/c1-20-11-13(18)8-9-17-16(19)7-6-14-10-12-4-2-3-5-15(12)21-14/h2-7,10,13,18H,8-9,11H2,1H3,(H,17,19)/b7-6+. The fourth-order valence-electron chi connectivity index (χ4n) is 1.94. The Balaban J connectivity index is 1.81. The Hall–Kier alpha value is -2.11. The number of rotatable bonds is 7. The van der Waals surface area contributed by atoms with E-state index >= 15 is 0 Å². The molecule has 1 aromatic carbocycles. The molecule has 112 valence electrons. The van der Waals surface area contributed by atoms with Crippen LogP contribution in [0.15, 0.2) is 40.8 Å². The number of ether oxygens (including phenoxy) is 1. The molecule has 1 unspecified atom stereocenters. The van der Waals surface area contributed by atoms with Crippen molar-refractivity contribution < 1.29 is 19.1 Å². The van der Waals surface area contributed by atoms with E-state index in [1.54, 1.807) is 6.08 Å². The highest BCUT2D eigenvalue weighted by atomic mass is 16.5. The molecule has 5 heteroatoms. The Morgan fingerprint density at radius 1 is 1.48 bits per heavy atom. The van der Waals surface area contributed by atoms with E-state index in [9.17, 15) is 9.90 Å². The molecule has 0 aliphatic carbocycles. The number of fused-ring (bicyclic) bond motifs is 1. The molecule has 1 heterocycles. The molecular formula is C16H19NO4. The lowest BCUT2D eigenvalue weighted by Gasteiger charge is -2.08. The third-order valence-corrected chi connectivity index (χ3v) is 2.98. The summed E-state index contributed by atoms with van der Waals surface area (Å²) < 4.78 is 10.4. The van der Waals surface area contributed by atoms with E-state index in [-0.39, 0.29) is 12.5 Å². The van der Waals surface area contributed by atoms with Crippen molar-refractivity contribution in [1.29, 1.82) is 0 Å². The molecule has 0 fully saturated rings. The highest BCUT2D eigenvalue weighted by Crippen LogP contribution is 2.19. The van der Waals surface area contributed by atoms with Crippen LogP contribution in [0.4, 0.5) is 0 Å². The van der Waals surface area contributed by atoms with E-state index in [0.29, 0.717) is 18.7 Å². The van der Waals surface area contributed by atoms with E-state index in [1.807, 2.05) is 30.3 Å². The summed E-state index contributed by atoms with van der Waals surface area (Å²) in [4.78, 5) is 11.6. The van der Waals surface area contributed by atoms with Gasteiger partial charge in [-0.2, -0.15) is 0 Å². The second-order valence-corrected chi connectivity index (χ2v) is 4.71. The predicted molar refractivity (Wildman–Crippen MR) is 80.8 cm³/mol. The van der Waals surface area contributed by atoms with Gasteiger partial charge in [-0.05, 0) is 24.6 Å². The van der Waals surface area contributed by atoms with Gasteiger partial charge in [-0.15, -0.1) is 0 Å². The first-order valence-corrected chi connectivity index (χ1v) is 6.80. The molecular weight excluding hydrogens is 270 g/mol. The normalized spacial score (nSPS) is 12.9. The van der Waals surface area contributed by atoms with Crippen LogP contribution in [0.25, 0.3) is 17.0 Å². The van der Waals surface area contributed by atoms with Crippen LogP contribution in [-0.2, 0) is 9.53 Å². The largest absolute Gasteiger partial charge is 0.457 e. The Morgan fingerprint density at radius 3 is 3.05 bits per heavy atom. The number of hydrogen-bond acceptors (Lipinski definition) is 4. The first kappa shape index (κ1) is 15.3. The number of hydrogen-bond donors (Lipinski definition) is 2. The number of nitrogens with one attached hydrogen (secondary N) is 1. The third-order valence-electron chi connectivity index (χ3n) is 2.98. The van der Waals surface area contributed by atoms with E-state index in [1.165, 1.54) is 13.2 Å². The Kier molecular flexibility index (Phi) is 5.54. The van der Waals surface area contributed by atoms with E-state index in [2.05, 4.69) is 5.32 Å². The van der Waals surface area contributed by atoms with Gasteiger partial charge >= 0.3 is 0 Å². The van der Waals surface area contributed by atoms with Gasteiger partial charge in [0.25, 0.3) is 0 Å². The summed E-state index contributed by atoms with van der Waals surface area (Å²) in [5.41, 5.74) is 0.792. The van der Waals surface area contributed by atoms with Gasteiger partial charge in [0.2, 0.25) is 5.91 Å². The third kappa shape index (κ3) is 4.73. The Bertz CT molecular complexity index is 585. The van der Waals surface area contributed by atoms with Crippen molar-refractivity contribution in [2.75, 3.05) is 20.3 Å². The van der Waals surface area contributed by atoms with Gasteiger partial charge in [-0.3, -0.25) is 4.79 Å². The van der Waals surface area contributed by atoms with Crippen molar-refractivity contribution >= 4 is 23.0 Å². The van der Waals surface area contributed by atoms with E-state index in [0.717, 1.165) is 11.0 Å². The zero-order valence-corrected chi connectivity index (χ0v) is 11.9. The number of amides is 1. The summed E-state index contributed by atoms with van der Waals surface area (Å²) in [6.45, 7) is 0.665. The topological polar surface area (TPSA) is 71.7 Å². The second kappa shape index (κ2) is 7.61. The van der Waals surface area contributed by atoms with Gasteiger partial charge in [0.1, 0.15) is 11.3 Å². The van der Waals surface area contributed by atoms with Gasteiger partial charge < -0.3 is 19.6 Å². The maximum atomic E-state index is 11.6. The average Bonchev–Trinajstić information content (AvgIpc) is 2.88. The van der Waals surface area contributed by atoms with Crippen LogP contribution in [0.1, 0.15) is 12.2 Å². The first-order valence-electron chi connectivity index (χ1n) is 6.80. The van der Waals surface area contributed by atoms with Crippen molar-refractivity contribution in [2.24, 2.45) is 0 Å². The summed E-state index contributed by atoms with van der Waals surface area (Å²) in [7, 11) is 1.53. The molecule has 0 aliphatic rings. The average molecular weight is 289 g/mol. The molecule has 2 N–H and O–H groups in total. The molecule has 0 radical (unpaired) electrons. The van der Waals surface area contributed by atoms with Gasteiger partial charge in [0.05, 0.1) is 12.7 Å². The minimum Gasteiger partial charge on any atom is -0.457 e. The molecule has 2 aromatic rings. The summed E-state index contributed by atoms with van der Waals surface area (Å²) in [6.07, 6.45) is 2.94. The quantitative estimate of drug-likeness (QED) is 0.764. The van der Waals surface area contributed by atoms with Crippen LogP contribution in [0, 0.1) is 0 Å². The fraction of sp³-hybridized carbons (Fsp3) is 0.312. The van der Waals surface area contributed by atoms with Gasteiger partial charge in [0, 0.05) is 25.1 Å². The molecule has 0 aliphatic heterocycles. The highest BCUT2D eigenvalue weighted by molar-refractivity contribution is 5.92. The monoisotopic (exact) mass is 289 g/mol. The number of furan rings is 1. The second-order valence-electron chi connectivity index (χ2n) is 4.71. The number of carbonyl (C=O) groups excluding carboxylic acids is 1. The summed E-state index contributed by atoms with van der Waals surface area (Å²) in [6, 6.07) is 9.54. The van der Waals surface area contributed by atoms with Crippen molar-refractivity contribution in [2.45, 2.75) is 12.5 Å². The zero-order chi connectivity index (χ0) is 15.1. The fourth-order valence-corrected chi connectivity index (χ4v) is 1.94. The molecule has 1 aromatic heterocycles. The lowest BCUT2D eigenvalue weighted by atomic mass is 10.2. The molecule has 5 nitrogen and oxygen atoms in total. The molecule has 0 spiro atoms. The molecule has 1 atom stereocenters. The van der Waals surface area contributed by atoms with Crippen molar-refractivity contribution in [1.82, 2.24) is 5.32 Å². The molecule has 2 rings (SSSR count). The molecule has 0 bridgehead atoms. The van der Waals surface area contributed by atoms with Crippen LogP contribution >= 0.6 is 0 Å². The van der Waals surface area contributed by atoms with E-state index < -0.39 is 6.10 Å². The van der Waals surface area contributed by atoms with Crippen molar-refractivity contribution in [3.8, 4) is 0 Å². The number of aliphatic hydroxyl groups excluding tert-OH is 1. The van der Waals surface area contributed by atoms with Crippen LogP contribution in [0.3, 0.4) is 0 Å². The minimum absolute atomic E-state index is 0.222. The lowest BCUT2D eigenvalue weighted by Crippen LogP contribution is -2.27. The number of carbonyl (C=O) groups is 1. The molecule has 0 saturated carbocycles. The van der Waals surface area contributed by atoms with Gasteiger partial charge in [0.15, 0.2) is 0 Å². The summed E-state index contributed by atoms with van der Waals surface area (Å²) in [5.74, 6) is 0.408. The van der Waals surface area contributed by atoms with E-state index in [4.69, 9.17) is 9.15 Å². The zero-order valence-electron chi connectivity index (χ0n) is 11.9. The minimum atomic E-state index is -0.561. The maximum Gasteiger partial charge on any atom is 0.244 e.